The van der Waals surface area contributed by atoms with Crippen LogP contribution in [0.4, 0.5) is 0 Å². The molecule has 174 valence electrons. The summed E-state index contributed by atoms with van der Waals surface area (Å²) in [6, 6.07) is 14.1. The van der Waals surface area contributed by atoms with Gasteiger partial charge in [-0.3, -0.25) is 0 Å². The number of carbonyl (C=O) groups is 4. The van der Waals surface area contributed by atoms with Crippen LogP contribution in [0, 0.1) is 0 Å². The van der Waals surface area contributed by atoms with E-state index in [1.807, 2.05) is 24.3 Å². The van der Waals surface area contributed by atoms with E-state index in [4.69, 9.17) is 0 Å². The molecule has 0 aliphatic carbocycles. The molecule has 0 unspecified atom stereocenters. The van der Waals surface area contributed by atoms with Gasteiger partial charge in [-0.05, 0) is 53.9 Å². The SMILES string of the molecule is O=C(O)c1c(C(=O)O)c2c(C(=O)O)c(C(=O)O)c3ccc4ccc5ccc6ccc1c1c6c5c4c3c21.[H-].[K+]. The second kappa shape index (κ2) is 7.70. The minimum absolute atomic E-state index is 0. The molecule has 37 heavy (non-hydrogen) atoms. The number of carboxylic acids is 4. The van der Waals surface area contributed by atoms with Crippen molar-refractivity contribution in [2.24, 2.45) is 0 Å². The Balaban J connectivity index is 0.00000147. The smallest absolute Gasteiger partial charge is 1.00 e. The number of hydrogen-bond donors (Lipinski definition) is 4. The summed E-state index contributed by atoms with van der Waals surface area (Å²) >= 11 is 0. The summed E-state index contributed by atoms with van der Waals surface area (Å²) in [5.74, 6) is -6.41. The largest absolute Gasteiger partial charge is 1.00 e. The van der Waals surface area contributed by atoms with Gasteiger partial charge in [0.25, 0.3) is 0 Å². The van der Waals surface area contributed by atoms with Gasteiger partial charge in [-0.15, -0.1) is 0 Å². The summed E-state index contributed by atoms with van der Waals surface area (Å²) in [4.78, 5) is 50.1. The van der Waals surface area contributed by atoms with Crippen LogP contribution in [0.25, 0.3) is 64.6 Å². The maximum Gasteiger partial charge on any atom is 1.00 e. The van der Waals surface area contributed by atoms with E-state index in [-0.39, 0.29) is 69.0 Å². The van der Waals surface area contributed by atoms with Crippen molar-refractivity contribution >= 4 is 88.5 Å². The van der Waals surface area contributed by atoms with E-state index in [1.54, 1.807) is 12.1 Å². The molecule has 4 N–H and O–H groups in total. The molecule has 7 aromatic carbocycles. The Morgan fingerprint density at radius 3 is 1.03 bits per heavy atom. The molecule has 0 aliphatic heterocycles. The Morgan fingerprint density at radius 2 is 0.703 bits per heavy atom. The average Bonchev–Trinajstić information content (AvgIpc) is 2.84. The summed E-state index contributed by atoms with van der Waals surface area (Å²) in [5.41, 5.74) is -2.63. The number of rotatable bonds is 4. The molecular formula is C28H13KO8. The summed E-state index contributed by atoms with van der Waals surface area (Å²) in [5, 5.41) is 46.2. The van der Waals surface area contributed by atoms with Gasteiger partial charge in [0, 0.05) is 10.8 Å². The Kier molecular flexibility index (Phi) is 4.95. The summed E-state index contributed by atoms with van der Waals surface area (Å²) in [6.45, 7) is 0. The van der Waals surface area contributed by atoms with Gasteiger partial charge in [-0.2, -0.15) is 0 Å². The molecule has 0 aliphatic rings. The Hall–Kier alpha value is -3.60. The molecule has 0 bridgehead atoms. The number of hydrogen-bond acceptors (Lipinski definition) is 4. The van der Waals surface area contributed by atoms with Gasteiger partial charge in [0.15, 0.2) is 0 Å². The van der Waals surface area contributed by atoms with Crippen LogP contribution in [0.3, 0.4) is 0 Å². The minimum atomic E-state index is -1.66. The summed E-state index contributed by atoms with van der Waals surface area (Å²) in [7, 11) is 0. The second-order valence-corrected chi connectivity index (χ2v) is 8.87. The molecular weight excluding hydrogens is 503 g/mol. The molecule has 0 saturated carbocycles. The van der Waals surface area contributed by atoms with Gasteiger partial charge < -0.3 is 21.9 Å². The first-order valence-electron chi connectivity index (χ1n) is 10.9. The first-order valence-corrected chi connectivity index (χ1v) is 10.9. The van der Waals surface area contributed by atoms with Crippen LogP contribution >= 0.6 is 0 Å². The summed E-state index contributed by atoms with van der Waals surface area (Å²) < 4.78 is 0. The molecule has 0 spiro atoms. The molecule has 8 nitrogen and oxygen atoms in total. The van der Waals surface area contributed by atoms with E-state index in [2.05, 4.69) is 0 Å². The standard InChI is InChI=1S/C28H12O8.K.H/c29-25(30)19-12-7-5-10-3-1-9-2-4-11-6-8-13-18-16(11)14(9)15(10)17(12)21(18)22(23(19)27(33)34)24(28(35)36)20(13)26(31)32;;/h1-8H,(H,29,30)(H,31,32)(H,33,34)(H,35,36);;/q;+1;-1. The van der Waals surface area contributed by atoms with Crippen molar-refractivity contribution in [1.29, 1.82) is 0 Å². The number of aromatic carboxylic acids is 4. The zero-order valence-corrected chi connectivity index (χ0v) is 22.2. The van der Waals surface area contributed by atoms with Crippen LogP contribution in [0.1, 0.15) is 42.9 Å². The van der Waals surface area contributed by atoms with Crippen LogP contribution in [0.2, 0.25) is 0 Å². The summed E-state index contributed by atoms with van der Waals surface area (Å²) in [6.07, 6.45) is 0. The molecule has 0 radical (unpaired) electrons. The molecule has 7 rings (SSSR count). The maximum atomic E-state index is 12.6. The Bertz CT molecular complexity index is 2020. The number of carboxylic acid groups (broad SMARTS) is 4. The van der Waals surface area contributed by atoms with E-state index in [9.17, 15) is 39.6 Å². The van der Waals surface area contributed by atoms with Crippen molar-refractivity contribution in [2.45, 2.75) is 0 Å². The molecule has 0 amide bonds. The van der Waals surface area contributed by atoms with Crippen LogP contribution in [-0.2, 0) is 0 Å². The second-order valence-electron chi connectivity index (χ2n) is 8.87. The van der Waals surface area contributed by atoms with Gasteiger partial charge in [0.05, 0.1) is 22.3 Å². The molecule has 0 atom stereocenters. The zero-order valence-electron chi connectivity index (χ0n) is 20.0. The zero-order chi connectivity index (χ0) is 25.2. The minimum Gasteiger partial charge on any atom is -1.00 e. The van der Waals surface area contributed by atoms with Crippen molar-refractivity contribution in [2.75, 3.05) is 0 Å². The first-order chi connectivity index (χ1) is 17.2. The Morgan fingerprint density at radius 1 is 0.405 bits per heavy atom. The van der Waals surface area contributed by atoms with Gasteiger partial charge in [-0.1, -0.05) is 48.5 Å². The molecule has 7 aromatic rings. The normalized spacial score (nSPS) is 11.9. The molecule has 0 saturated heterocycles. The fourth-order valence-electron chi connectivity index (χ4n) is 6.13. The third-order valence-corrected chi connectivity index (χ3v) is 7.29. The van der Waals surface area contributed by atoms with Crippen molar-refractivity contribution < 1.29 is 92.4 Å². The van der Waals surface area contributed by atoms with Crippen LogP contribution in [-0.4, -0.2) is 44.3 Å². The fourth-order valence-corrected chi connectivity index (χ4v) is 6.13. The first kappa shape index (κ1) is 23.8. The molecule has 0 aromatic heterocycles. The quantitative estimate of drug-likeness (QED) is 0.159. The van der Waals surface area contributed by atoms with Gasteiger partial charge in [0.2, 0.25) is 0 Å². The monoisotopic (exact) mass is 516 g/mol. The van der Waals surface area contributed by atoms with Gasteiger partial charge in [0.1, 0.15) is 0 Å². The van der Waals surface area contributed by atoms with Crippen molar-refractivity contribution in [1.82, 2.24) is 0 Å². The molecule has 0 fully saturated rings. The van der Waals surface area contributed by atoms with Crippen LogP contribution in [0.5, 0.6) is 0 Å². The topological polar surface area (TPSA) is 149 Å². The molecule has 9 heteroatoms. The van der Waals surface area contributed by atoms with E-state index >= 15 is 0 Å². The van der Waals surface area contributed by atoms with Crippen LogP contribution in [0.15, 0.2) is 48.5 Å². The predicted octanol–water partition coefficient (Wildman–Crippen LogP) is 2.83. The maximum absolute atomic E-state index is 12.6. The van der Waals surface area contributed by atoms with Crippen molar-refractivity contribution in [3.05, 3.63) is 70.8 Å². The van der Waals surface area contributed by atoms with E-state index in [1.165, 1.54) is 12.1 Å². The van der Waals surface area contributed by atoms with E-state index in [0.29, 0.717) is 21.5 Å². The molecule has 0 heterocycles. The third kappa shape index (κ3) is 2.75. The predicted molar refractivity (Wildman–Crippen MR) is 134 cm³/mol. The number of benzene rings is 7. The van der Waals surface area contributed by atoms with Crippen LogP contribution < -0.4 is 51.4 Å². The van der Waals surface area contributed by atoms with Gasteiger partial charge >= 0.3 is 75.3 Å². The fraction of sp³-hybridized carbons (Fsp3) is 0. The van der Waals surface area contributed by atoms with Gasteiger partial charge in [-0.25, -0.2) is 19.2 Å². The van der Waals surface area contributed by atoms with Crippen molar-refractivity contribution in [3.63, 3.8) is 0 Å². The van der Waals surface area contributed by atoms with E-state index in [0.717, 1.165) is 21.5 Å². The Labute approximate surface area is 249 Å². The third-order valence-electron chi connectivity index (χ3n) is 7.29. The average molecular weight is 517 g/mol. The van der Waals surface area contributed by atoms with Crippen molar-refractivity contribution in [3.8, 4) is 0 Å². The van der Waals surface area contributed by atoms with E-state index < -0.39 is 51.5 Å².